The number of rotatable bonds is 1. The summed E-state index contributed by atoms with van der Waals surface area (Å²) in [5.74, 6) is 1.09. The monoisotopic (exact) mass is 264 g/mol. The molecule has 2 nitrogen and oxygen atoms in total. The van der Waals surface area contributed by atoms with E-state index in [2.05, 4.69) is 9.88 Å². The smallest absolute Gasteiger partial charge is 0.128 e. The van der Waals surface area contributed by atoms with Crippen molar-refractivity contribution in [3.63, 3.8) is 0 Å². The van der Waals surface area contributed by atoms with Gasteiger partial charge in [0, 0.05) is 19.3 Å². The lowest BCUT2D eigenvalue weighted by atomic mass is 9.68. The molecule has 0 radical (unpaired) electrons. The Hall–Kier alpha value is -0.760. The maximum atomic E-state index is 5.89. The molecule has 1 aliphatic carbocycles. The molecule has 1 aromatic rings. The predicted octanol–water partition coefficient (Wildman–Crippen LogP) is 4.29. The van der Waals surface area contributed by atoms with Crippen LogP contribution in [0.2, 0.25) is 5.02 Å². The molecular formula is C15H21ClN2. The molecule has 0 N–H and O–H groups in total. The van der Waals surface area contributed by atoms with Gasteiger partial charge >= 0.3 is 0 Å². The molecule has 2 fully saturated rings. The minimum absolute atomic E-state index is 0.668. The lowest BCUT2D eigenvalue weighted by molar-refractivity contribution is 0.144. The molecule has 0 atom stereocenters. The van der Waals surface area contributed by atoms with E-state index in [1.165, 1.54) is 44.9 Å². The molecule has 1 saturated carbocycles. The van der Waals surface area contributed by atoms with Crippen molar-refractivity contribution in [3.05, 3.63) is 23.4 Å². The van der Waals surface area contributed by atoms with Crippen LogP contribution < -0.4 is 4.90 Å². The third-order valence-electron chi connectivity index (χ3n) is 4.77. The van der Waals surface area contributed by atoms with Crippen LogP contribution in [-0.2, 0) is 0 Å². The van der Waals surface area contributed by atoms with Gasteiger partial charge in [-0.1, -0.05) is 30.9 Å². The van der Waals surface area contributed by atoms with Crippen LogP contribution in [0.5, 0.6) is 0 Å². The molecule has 18 heavy (non-hydrogen) atoms. The van der Waals surface area contributed by atoms with Gasteiger partial charge in [0.05, 0.1) is 5.02 Å². The average Bonchev–Trinajstić information content (AvgIpc) is 2.42. The van der Waals surface area contributed by atoms with Crippen LogP contribution in [0.4, 0.5) is 5.82 Å². The summed E-state index contributed by atoms with van der Waals surface area (Å²) in [6.45, 7) is 2.32. The van der Waals surface area contributed by atoms with Crippen molar-refractivity contribution in [1.29, 1.82) is 0 Å². The molecule has 0 unspecified atom stereocenters. The molecule has 3 heteroatoms. The van der Waals surface area contributed by atoms with Gasteiger partial charge in [0.2, 0.25) is 0 Å². The van der Waals surface area contributed by atoms with Crippen LogP contribution in [-0.4, -0.2) is 18.1 Å². The molecule has 3 rings (SSSR count). The normalized spacial score (nSPS) is 23.3. The SMILES string of the molecule is Clc1ccc(N2CCC3(CCCCC3)CC2)nc1. The highest BCUT2D eigenvalue weighted by Crippen LogP contribution is 2.44. The molecule has 0 aromatic carbocycles. The summed E-state index contributed by atoms with van der Waals surface area (Å²) in [5, 5.41) is 0.722. The van der Waals surface area contributed by atoms with Crippen LogP contribution in [0.25, 0.3) is 0 Å². The van der Waals surface area contributed by atoms with Crippen LogP contribution in [0, 0.1) is 5.41 Å². The number of aromatic nitrogens is 1. The Balaban J connectivity index is 1.64. The maximum Gasteiger partial charge on any atom is 0.128 e. The van der Waals surface area contributed by atoms with Gasteiger partial charge in [-0.05, 0) is 43.2 Å². The number of pyridine rings is 1. The fraction of sp³-hybridized carbons (Fsp3) is 0.667. The molecule has 0 amide bonds. The van der Waals surface area contributed by atoms with E-state index in [4.69, 9.17) is 11.6 Å². The van der Waals surface area contributed by atoms with Crippen LogP contribution >= 0.6 is 11.6 Å². The fourth-order valence-corrected chi connectivity index (χ4v) is 3.68. The highest BCUT2D eigenvalue weighted by molar-refractivity contribution is 6.30. The molecule has 2 heterocycles. The number of piperidine rings is 1. The summed E-state index contributed by atoms with van der Waals surface area (Å²) in [6, 6.07) is 3.98. The van der Waals surface area contributed by atoms with E-state index in [-0.39, 0.29) is 0 Å². The Morgan fingerprint density at radius 1 is 1.00 bits per heavy atom. The summed E-state index contributed by atoms with van der Waals surface area (Å²) in [6.07, 6.45) is 11.7. The number of nitrogens with zero attached hydrogens (tertiary/aromatic N) is 2. The van der Waals surface area contributed by atoms with E-state index in [0.717, 1.165) is 23.9 Å². The highest BCUT2D eigenvalue weighted by atomic mass is 35.5. The van der Waals surface area contributed by atoms with Gasteiger partial charge in [0.25, 0.3) is 0 Å². The van der Waals surface area contributed by atoms with Gasteiger partial charge in [0.1, 0.15) is 5.82 Å². The second-order valence-corrected chi connectivity index (χ2v) is 6.32. The van der Waals surface area contributed by atoms with Crippen molar-refractivity contribution >= 4 is 17.4 Å². The first-order valence-corrected chi connectivity index (χ1v) is 7.52. The molecule has 0 bridgehead atoms. The first-order valence-electron chi connectivity index (χ1n) is 7.14. The average molecular weight is 265 g/mol. The van der Waals surface area contributed by atoms with E-state index in [9.17, 15) is 0 Å². The lowest BCUT2D eigenvalue weighted by Crippen LogP contribution is -2.41. The van der Waals surface area contributed by atoms with Gasteiger partial charge < -0.3 is 4.90 Å². The van der Waals surface area contributed by atoms with Crippen molar-refractivity contribution in [2.24, 2.45) is 5.41 Å². The van der Waals surface area contributed by atoms with Gasteiger partial charge in [-0.3, -0.25) is 0 Å². The van der Waals surface area contributed by atoms with Gasteiger partial charge in [-0.2, -0.15) is 0 Å². The van der Waals surface area contributed by atoms with E-state index in [0.29, 0.717) is 5.41 Å². The Bertz CT molecular complexity index is 385. The minimum Gasteiger partial charge on any atom is -0.357 e. The molecular weight excluding hydrogens is 244 g/mol. The van der Waals surface area contributed by atoms with E-state index in [1.807, 2.05) is 12.1 Å². The van der Waals surface area contributed by atoms with Gasteiger partial charge in [-0.25, -0.2) is 4.98 Å². The quantitative estimate of drug-likeness (QED) is 0.752. The van der Waals surface area contributed by atoms with Gasteiger partial charge in [-0.15, -0.1) is 0 Å². The second kappa shape index (κ2) is 5.08. The summed E-state index contributed by atoms with van der Waals surface area (Å²) in [4.78, 5) is 6.84. The third-order valence-corrected chi connectivity index (χ3v) is 5.00. The molecule has 2 aliphatic rings. The van der Waals surface area contributed by atoms with Gasteiger partial charge in [0.15, 0.2) is 0 Å². The first kappa shape index (κ1) is 12.3. The van der Waals surface area contributed by atoms with Crippen molar-refractivity contribution < 1.29 is 0 Å². The van der Waals surface area contributed by atoms with E-state index >= 15 is 0 Å². The molecule has 1 spiro atoms. The Morgan fingerprint density at radius 3 is 2.33 bits per heavy atom. The fourth-order valence-electron chi connectivity index (χ4n) is 3.57. The Labute approximate surface area is 114 Å². The molecule has 1 saturated heterocycles. The number of hydrogen-bond acceptors (Lipinski definition) is 2. The van der Waals surface area contributed by atoms with Crippen molar-refractivity contribution in [2.75, 3.05) is 18.0 Å². The number of hydrogen-bond donors (Lipinski definition) is 0. The zero-order valence-electron chi connectivity index (χ0n) is 10.9. The van der Waals surface area contributed by atoms with E-state index < -0.39 is 0 Å². The molecule has 1 aromatic heterocycles. The van der Waals surface area contributed by atoms with Crippen molar-refractivity contribution in [3.8, 4) is 0 Å². The minimum atomic E-state index is 0.668. The maximum absolute atomic E-state index is 5.89. The zero-order chi connectivity index (χ0) is 12.4. The van der Waals surface area contributed by atoms with Crippen LogP contribution in [0.3, 0.4) is 0 Å². The standard InChI is InChI=1S/C15H21ClN2/c16-13-4-5-14(17-12-13)18-10-8-15(9-11-18)6-2-1-3-7-15/h4-5,12H,1-3,6-11H2. The topological polar surface area (TPSA) is 16.1 Å². The van der Waals surface area contributed by atoms with Crippen LogP contribution in [0.15, 0.2) is 18.3 Å². The largest absolute Gasteiger partial charge is 0.357 e. The number of anilines is 1. The Morgan fingerprint density at radius 2 is 1.72 bits per heavy atom. The summed E-state index contributed by atoms with van der Waals surface area (Å²) in [5.41, 5.74) is 0.668. The van der Waals surface area contributed by atoms with E-state index in [1.54, 1.807) is 6.20 Å². The van der Waals surface area contributed by atoms with Crippen LogP contribution in [0.1, 0.15) is 44.9 Å². The lowest BCUT2D eigenvalue weighted by Gasteiger charge is -2.44. The molecule has 98 valence electrons. The van der Waals surface area contributed by atoms with Crippen molar-refractivity contribution in [1.82, 2.24) is 4.98 Å². The Kier molecular flexibility index (Phi) is 3.47. The number of halogens is 1. The molecule has 1 aliphatic heterocycles. The summed E-state index contributed by atoms with van der Waals surface area (Å²) in [7, 11) is 0. The summed E-state index contributed by atoms with van der Waals surface area (Å²) >= 11 is 5.89. The first-order chi connectivity index (χ1) is 8.77. The highest BCUT2D eigenvalue weighted by Gasteiger charge is 2.35. The summed E-state index contributed by atoms with van der Waals surface area (Å²) < 4.78 is 0. The van der Waals surface area contributed by atoms with Crippen molar-refractivity contribution in [2.45, 2.75) is 44.9 Å². The predicted molar refractivity (Wildman–Crippen MR) is 76.2 cm³/mol. The second-order valence-electron chi connectivity index (χ2n) is 5.88. The third kappa shape index (κ3) is 2.49. The zero-order valence-corrected chi connectivity index (χ0v) is 11.6.